The first-order valence-electron chi connectivity index (χ1n) is 8.95. The van der Waals surface area contributed by atoms with Gasteiger partial charge in [-0.25, -0.2) is 4.90 Å². The SMILES string of the molecule is CCCCCNC(=O)Cc1ccc(N2C(=O)c3ccccc3C2=O)cc1. The molecule has 134 valence electrons. The van der Waals surface area contributed by atoms with Crippen molar-refractivity contribution in [3.05, 3.63) is 65.2 Å². The molecule has 3 rings (SSSR count). The summed E-state index contributed by atoms with van der Waals surface area (Å²) in [6.45, 7) is 2.82. The van der Waals surface area contributed by atoms with Crippen LogP contribution in [0.4, 0.5) is 5.69 Å². The van der Waals surface area contributed by atoms with Crippen LogP contribution in [0.3, 0.4) is 0 Å². The average Bonchev–Trinajstić information content (AvgIpc) is 2.91. The number of anilines is 1. The van der Waals surface area contributed by atoms with Crippen molar-refractivity contribution >= 4 is 23.4 Å². The molecule has 0 spiro atoms. The molecular weight excluding hydrogens is 328 g/mol. The van der Waals surface area contributed by atoms with E-state index in [2.05, 4.69) is 12.2 Å². The van der Waals surface area contributed by atoms with Gasteiger partial charge in [-0.05, 0) is 36.2 Å². The second kappa shape index (κ2) is 7.95. The summed E-state index contributed by atoms with van der Waals surface area (Å²) in [5.41, 5.74) is 2.21. The van der Waals surface area contributed by atoms with Crippen LogP contribution in [0.1, 0.15) is 52.5 Å². The zero-order chi connectivity index (χ0) is 18.5. The Hall–Kier alpha value is -2.95. The first-order valence-corrected chi connectivity index (χ1v) is 8.95. The summed E-state index contributed by atoms with van der Waals surface area (Å²) in [5.74, 6) is -0.645. The predicted octanol–water partition coefficient (Wildman–Crippen LogP) is 3.34. The molecule has 0 aromatic heterocycles. The number of carbonyl (C=O) groups is 3. The summed E-state index contributed by atoms with van der Waals surface area (Å²) in [6.07, 6.45) is 3.50. The van der Waals surface area contributed by atoms with Gasteiger partial charge in [0, 0.05) is 6.54 Å². The summed E-state index contributed by atoms with van der Waals surface area (Å²) in [6, 6.07) is 13.8. The van der Waals surface area contributed by atoms with E-state index in [1.165, 1.54) is 4.90 Å². The number of amides is 3. The van der Waals surface area contributed by atoms with Crippen LogP contribution in [0, 0.1) is 0 Å². The van der Waals surface area contributed by atoms with Gasteiger partial charge in [-0.2, -0.15) is 0 Å². The minimum atomic E-state index is -0.313. The molecule has 0 aliphatic carbocycles. The number of nitrogens with zero attached hydrogens (tertiary/aromatic N) is 1. The van der Waals surface area contributed by atoms with E-state index in [0.717, 1.165) is 24.8 Å². The fourth-order valence-electron chi connectivity index (χ4n) is 3.04. The van der Waals surface area contributed by atoms with Crippen molar-refractivity contribution in [2.45, 2.75) is 32.6 Å². The lowest BCUT2D eigenvalue weighted by Gasteiger charge is -2.14. The third-order valence-electron chi connectivity index (χ3n) is 4.46. The Bertz CT molecular complexity index is 792. The van der Waals surface area contributed by atoms with Gasteiger partial charge in [-0.3, -0.25) is 14.4 Å². The van der Waals surface area contributed by atoms with Gasteiger partial charge in [-0.15, -0.1) is 0 Å². The summed E-state index contributed by atoms with van der Waals surface area (Å²) in [4.78, 5) is 38.1. The molecule has 3 amide bonds. The lowest BCUT2D eigenvalue weighted by atomic mass is 10.1. The zero-order valence-electron chi connectivity index (χ0n) is 14.8. The quantitative estimate of drug-likeness (QED) is 0.615. The molecule has 0 atom stereocenters. The smallest absolute Gasteiger partial charge is 0.266 e. The van der Waals surface area contributed by atoms with Crippen LogP contribution >= 0.6 is 0 Å². The van der Waals surface area contributed by atoms with Gasteiger partial charge in [0.15, 0.2) is 0 Å². The van der Waals surface area contributed by atoms with Gasteiger partial charge in [-0.1, -0.05) is 44.0 Å². The number of imide groups is 1. The molecule has 0 bridgehead atoms. The molecule has 5 heteroatoms. The molecule has 5 nitrogen and oxygen atoms in total. The molecule has 1 aliphatic heterocycles. The van der Waals surface area contributed by atoms with Gasteiger partial charge in [0.2, 0.25) is 5.91 Å². The molecule has 0 fully saturated rings. The van der Waals surface area contributed by atoms with E-state index in [4.69, 9.17) is 0 Å². The first kappa shape index (κ1) is 17.9. The Morgan fingerprint density at radius 1 is 0.923 bits per heavy atom. The minimum absolute atomic E-state index is 0.0189. The van der Waals surface area contributed by atoms with Crippen LogP contribution in [-0.4, -0.2) is 24.3 Å². The number of benzene rings is 2. The third-order valence-corrected chi connectivity index (χ3v) is 4.46. The van der Waals surface area contributed by atoms with Gasteiger partial charge in [0.25, 0.3) is 11.8 Å². The van der Waals surface area contributed by atoms with Gasteiger partial charge >= 0.3 is 0 Å². The Kier molecular flexibility index (Phi) is 5.46. The molecule has 0 saturated heterocycles. The number of hydrogen-bond donors (Lipinski definition) is 1. The van der Waals surface area contributed by atoms with E-state index in [-0.39, 0.29) is 24.1 Å². The highest BCUT2D eigenvalue weighted by Crippen LogP contribution is 2.28. The highest BCUT2D eigenvalue weighted by molar-refractivity contribution is 6.34. The van der Waals surface area contributed by atoms with E-state index in [1.807, 2.05) is 0 Å². The molecule has 26 heavy (non-hydrogen) atoms. The van der Waals surface area contributed by atoms with Crippen molar-refractivity contribution in [3.63, 3.8) is 0 Å². The van der Waals surface area contributed by atoms with Crippen LogP contribution in [0.25, 0.3) is 0 Å². The molecule has 0 unspecified atom stereocenters. The monoisotopic (exact) mass is 350 g/mol. The number of hydrogen-bond acceptors (Lipinski definition) is 3. The number of rotatable bonds is 7. The molecule has 0 radical (unpaired) electrons. The number of fused-ring (bicyclic) bond motifs is 1. The summed E-state index contributed by atoms with van der Waals surface area (Å²) in [7, 11) is 0. The fourth-order valence-corrected chi connectivity index (χ4v) is 3.04. The molecule has 1 aliphatic rings. The Balaban J connectivity index is 1.64. The first-order chi connectivity index (χ1) is 12.6. The Morgan fingerprint density at radius 3 is 2.12 bits per heavy atom. The number of nitrogens with one attached hydrogen (secondary N) is 1. The zero-order valence-corrected chi connectivity index (χ0v) is 14.8. The van der Waals surface area contributed by atoms with Crippen molar-refractivity contribution in [2.24, 2.45) is 0 Å². The molecule has 2 aromatic rings. The predicted molar refractivity (Wildman–Crippen MR) is 100 cm³/mol. The van der Waals surface area contributed by atoms with E-state index < -0.39 is 0 Å². The maximum atomic E-state index is 12.5. The van der Waals surface area contributed by atoms with Crippen molar-refractivity contribution in [1.29, 1.82) is 0 Å². The van der Waals surface area contributed by atoms with Crippen LogP contribution in [-0.2, 0) is 11.2 Å². The molecule has 0 saturated carbocycles. The molecule has 1 N–H and O–H groups in total. The van der Waals surface area contributed by atoms with Crippen LogP contribution in [0.5, 0.6) is 0 Å². The van der Waals surface area contributed by atoms with Gasteiger partial charge in [0.1, 0.15) is 0 Å². The van der Waals surface area contributed by atoms with E-state index in [1.54, 1.807) is 48.5 Å². The van der Waals surface area contributed by atoms with E-state index >= 15 is 0 Å². The second-order valence-electron chi connectivity index (χ2n) is 6.39. The average molecular weight is 350 g/mol. The Morgan fingerprint density at radius 2 is 1.54 bits per heavy atom. The van der Waals surface area contributed by atoms with Gasteiger partial charge in [0.05, 0.1) is 23.2 Å². The Labute approximate surface area is 153 Å². The lowest BCUT2D eigenvalue weighted by Crippen LogP contribution is -2.29. The standard InChI is InChI=1S/C21H22N2O3/c1-2-3-6-13-22-19(24)14-15-9-11-16(12-10-15)23-20(25)17-7-4-5-8-18(17)21(23)26/h4-5,7-12H,2-3,6,13-14H2,1H3,(H,22,24). The van der Waals surface area contributed by atoms with Crippen LogP contribution in [0.15, 0.2) is 48.5 Å². The van der Waals surface area contributed by atoms with Crippen molar-refractivity contribution in [1.82, 2.24) is 5.32 Å². The fraction of sp³-hybridized carbons (Fsp3) is 0.286. The number of carbonyl (C=O) groups excluding carboxylic acids is 3. The van der Waals surface area contributed by atoms with Crippen molar-refractivity contribution < 1.29 is 14.4 Å². The second-order valence-corrected chi connectivity index (χ2v) is 6.39. The minimum Gasteiger partial charge on any atom is -0.356 e. The van der Waals surface area contributed by atoms with E-state index in [9.17, 15) is 14.4 Å². The number of unbranched alkanes of at least 4 members (excludes halogenated alkanes) is 2. The van der Waals surface area contributed by atoms with Crippen molar-refractivity contribution in [2.75, 3.05) is 11.4 Å². The normalized spacial score (nSPS) is 13.0. The van der Waals surface area contributed by atoms with Crippen molar-refractivity contribution in [3.8, 4) is 0 Å². The topological polar surface area (TPSA) is 66.5 Å². The summed E-state index contributed by atoms with van der Waals surface area (Å²) in [5, 5.41) is 2.90. The van der Waals surface area contributed by atoms with Crippen LogP contribution < -0.4 is 10.2 Å². The largest absolute Gasteiger partial charge is 0.356 e. The highest BCUT2D eigenvalue weighted by Gasteiger charge is 2.36. The molecular formula is C21H22N2O3. The maximum absolute atomic E-state index is 12.5. The van der Waals surface area contributed by atoms with Crippen LogP contribution in [0.2, 0.25) is 0 Å². The molecule has 1 heterocycles. The summed E-state index contributed by atoms with van der Waals surface area (Å²) < 4.78 is 0. The highest BCUT2D eigenvalue weighted by atomic mass is 16.2. The molecule has 2 aromatic carbocycles. The third kappa shape index (κ3) is 3.67. The lowest BCUT2D eigenvalue weighted by molar-refractivity contribution is -0.120. The van der Waals surface area contributed by atoms with Gasteiger partial charge < -0.3 is 5.32 Å². The summed E-state index contributed by atoms with van der Waals surface area (Å²) >= 11 is 0. The van der Waals surface area contributed by atoms with E-state index in [0.29, 0.717) is 23.4 Å². The maximum Gasteiger partial charge on any atom is 0.266 e.